The van der Waals surface area contributed by atoms with Crippen molar-refractivity contribution in [1.82, 2.24) is 10.7 Å². The fourth-order valence-corrected chi connectivity index (χ4v) is 2.95. The number of hydrogen-bond acceptors (Lipinski definition) is 4. The fraction of sp³-hybridized carbons (Fsp3) is 0.211. The Labute approximate surface area is 176 Å². The Morgan fingerprint density at radius 1 is 1.11 bits per heavy atom. The van der Waals surface area contributed by atoms with Gasteiger partial charge >= 0.3 is 11.8 Å². The summed E-state index contributed by atoms with van der Waals surface area (Å²) >= 11 is 18.3. The highest BCUT2D eigenvalue weighted by molar-refractivity contribution is 6.36. The first-order valence-corrected chi connectivity index (χ1v) is 9.56. The highest BCUT2D eigenvalue weighted by Crippen LogP contribution is 2.27. The maximum absolute atomic E-state index is 11.7. The van der Waals surface area contributed by atoms with Gasteiger partial charge in [0.05, 0.1) is 6.21 Å². The maximum Gasteiger partial charge on any atom is 0.329 e. The third kappa shape index (κ3) is 5.61. The minimum Gasteiger partial charge on any atom is -0.488 e. The molecule has 0 aromatic heterocycles. The monoisotopic (exact) mass is 439 g/mol. The van der Waals surface area contributed by atoms with Crippen LogP contribution >= 0.6 is 34.8 Å². The molecule has 0 bridgehead atoms. The smallest absolute Gasteiger partial charge is 0.329 e. The summed E-state index contributed by atoms with van der Waals surface area (Å²) in [5.74, 6) is -1.09. The van der Waals surface area contributed by atoms with Gasteiger partial charge in [0, 0.05) is 32.2 Å². The van der Waals surface area contributed by atoms with Crippen molar-refractivity contribution in [2.24, 2.45) is 5.10 Å². The van der Waals surface area contributed by atoms with Gasteiger partial charge in [-0.15, -0.1) is 0 Å². The van der Waals surface area contributed by atoms with Crippen molar-refractivity contribution >= 4 is 52.8 Å². The van der Waals surface area contributed by atoms with Crippen LogP contribution in [0.25, 0.3) is 0 Å². The Kier molecular flexibility index (Phi) is 6.78. The molecule has 2 N–H and O–H groups in total. The van der Waals surface area contributed by atoms with Crippen molar-refractivity contribution in [1.29, 1.82) is 0 Å². The van der Waals surface area contributed by atoms with Crippen LogP contribution in [0.1, 0.15) is 24.0 Å². The molecule has 1 aliphatic rings. The van der Waals surface area contributed by atoms with Gasteiger partial charge in [-0.1, -0.05) is 40.9 Å². The molecule has 0 saturated heterocycles. The van der Waals surface area contributed by atoms with Gasteiger partial charge in [-0.05, 0) is 43.2 Å². The van der Waals surface area contributed by atoms with E-state index in [0.29, 0.717) is 31.9 Å². The van der Waals surface area contributed by atoms with Gasteiger partial charge in [0.2, 0.25) is 0 Å². The summed E-state index contributed by atoms with van der Waals surface area (Å²) in [7, 11) is 0. The number of nitrogens with zero attached hydrogens (tertiary/aromatic N) is 1. The molecule has 1 aliphatic carbocycles. The quantitative estimate of drug-likeness (QED) is 0.405. The van der Waals surface area contributed by atoms with Crippen molar-refractivity contribution in [3.63, 3.8) is 0 Å². The summed E-state index contributed by atoms with van der Waals surface area (Å²) in [4.78, 5) is 23.3. The van der Waals surface area contributed by atoms with Crippen molar-refractivity contribution < 1.29 is 14.3 Å². The number of ether oxygens (including phenoxy) is 1. The molecule has 0 atom stereocenters. The van der Waals surface area contributed by atoms with Gasteiger partial charge < -0.3 is 10.1 Å². The molecule has 9 heteroatoms. The van der Waals surface area contributed by atoms with Crippen LogP contribution in [0.4, 0.5) is 0 Å². The first-order chi connectivity index (χ1) is 13.4. The zero-order chi connectivity index (χ0) is 20.1. The standard InChI is InChI=1S/C19H16Cl3N3O3/c20-12-4-7-17(28-10-14-15(21)2-1-3-16(14)22)11(8-12)9-23-25-19(27)18(26)24-13-5-6-13/h1-4,7-9,13H,5-6,10H2,(H,24,26)(H,25,27)/b23-9-. The number of hydrogen-bond donors (Lipinski definition) is 2. The minimum absolute atomic E-state index is 0.0896. The molecule has 0 spiro atoms. The highest BCUT2D eigenvalue weighted by atomic mass is 35.5. The molecule has 0 radical (unpaired) electrons. The minimum atomic E-state index is -0.838. The molecule has 146 valence electrons. The van der Waals surface area contributed by atoms with Crippen LogP contribution < -0.4 is 15.5 Å². The van der Waals surface area contributed by atoms with E-state index >= 15 is 0 Å². The van der Waals surface area contributed by atoms with E-state index < -0.39 is 11.8 Å². The first kappa shape index (κ1) is 20.5. The molecule has 28 heavy (non-hydrogen) atoms. The van der Waals surface area contributed by atoms with Crippen LogP contribution in [0.3, 0.4) is 0 Å². The fourth-order valence-electron chi connectivity index (χ4n) is 2.26. The maximum atomic E-state index is 11.7. The number of carbonyl (C=O) groups is 2. The SMILES string of the molecule is O=C(N/N=C\c1cc(Cl)ccc1OCc1c(Cl)cccc1Cl)C(=O)NC1CC1. The lowest BCUT2D eigenvalue weighted by Crippen LogP contribution is -2.38. The number of halogens is 3. The Morgan fingerprint density at radius 2 is 1.82 bits per heavy atom. The lowest BCUT2D eigenvalue weighted by molar-refractivity contribution is -0.139. The summed E-state index contributed by atoms with van der Waals surface area (Å²) in [5, 5.41) is 7.83. The molecule has 3 rings (SSSR count). The largest absolute Gasteiger partial charge is 0.488 e. The molecule has 1 fully saturated rings. The average Bonchev–Trinajstić information content (AvgIpc) is 3.46. The third-order valence-electron chi connectivity index (χ3n) is 3.89. The molecule has 2 aromatic carbocycles. The second-order valence-electron chi connectivity index (χ2n) is 6.12. The van der Waals surface area contributed by atoms with Crippen molar-refractivity contribution in [3.8, 4) is 5.75 Å². The number of amides is 2. The number of carbonyl (C=O) groups excluding carboxylic acids is 2. The normalized spacial score (nSPS) is 13.4. The molecule has 1 saturated carbocycles. The zero-order valence-electron chi connectivity index (χ0n) is 14.5. The second-order valence-corrected chi connectivity index (χ2v) is 7.37. The highest BCUT2D eigenvalue weighted by Gasteiger charge is 2.26. The molecule has 2 aromatic rings. The summed E-state index contributed by atoms with van der Waals surface area (Å²) in [6.45, 7) is 0.136. The summed E-state index contributed by atoms with van der Waals surface area (Å²) in [6, 6.07) is 10.2. The van der Waals surface area contributed by atoms with Gasteiger partial charge in [0.15, 0.2) is 0 Å². The third-order valence-corrected chi connectivity index (χ3v) is 4.84. The molecule has 6 nitrogen and oxygen atoms in total. The lowest BCUT2D eigenvalue weighted by Gasteiger charge is -2.11. The Bertz CT molecular complexity index is 910. The lowest BCUT2D eigenvalue weighted by atomic mass is 10.2. The average molecular weight is 441 g/mol. The van der Waals surface area contributed by atoms with E-state index in [1.165, 1.54) is 6.21 Å². The predicted molar refractivity (Wildman–Crippen MR) is 109 cm³/mol. The number of hydrazone groups is 1. The van der Waals surface area contributed by atoms with Crippen LogP contribution in [0.2, 0.25) is 15.1 Å². The van der Waals surface area contributed by atoms with Gasteiger partial charge in [0.1, 0.15) is 12.4 Å². The molecule has 0 aliphatic heterocycles. The van der Waals surface area contributed by atoms with Crippen LogP contribution in [-0.2, 0) is 16.2 Å². The van der Waals surface area contributed by atoms with E-state index in [1.807, 2.05) is 0 Å². The molecule has 0 unspecified atom stereocenters. The van der Waals surface area contributed by atoms with Crippen molar-refractivity contribution in [3.05, 3.63) is 62.6 Å². The molecule has 0 heterocycles. The second kappa shape index (κ2) is 9.28. The van der Waals surface area contributed by atoms with E-state index in [0.717, 1.165) is 12.8 Å². The van der Waals surface area contributed by atoms with Gasteiger partial charge in [-0.2, -0.15) is 5.10 Å². The Balaban J connectivity index is 1.66. The summed E-state index contributed by atoms with van der Waals surface area (Å²) in [6.07, 6.45) is 3.12. The van der Waals surface area contributed by atoms with Crippen molar-refractivity contribution in [2.75, 3.05) is 0 Å². The van der Waals surface area contributed by atoms with Crippen LogP contribution in [-0.4, -0.2) is 24.1 Å². The van der Waals surface area contributed by atoms with Crippen LogP contribution in [0.15, 0.2) is 41.5 Å². The Hall–Kier alpha value is -2.28. The van der Waals surface area contributed by atoms with Crippen molar-refractivity contribution in [2.45, 2.75) is 25.5 Å². The number of benzene rings is 2. The predicted octanol–water partition coefficient (Wildman–Crippen LogP) is 3.95. The molecular weight excluding hydrogens is 425 g/mol. The molecule has 2 amide bonds. The van der Waals surface area contributed by atoms with E-state index in [1.54, 1.807) is 36.4 Å². The van der Waals surface area contributed by atoms with Gasteiger partial charge in [-0.25, -0.2) is 5.43 Å². The first-order valence-electron chi connectivity index (χ1n) is 8.43. The van der Waals surface area contributed by atoms with Crippen LogP contribution in [0.5, 0.6) is 5.75 Å². The van der Waals surface area contributed by atoms with Gasteiger partial charge in [-0.3, -0.25) is 9.59 Å². The topological polar surface area (TPSA) is 79.8 Å². The van der Waals surface area contributed by atoms with E-state index in [4.69, 9.17) is 39.5 Å². The van der Waals surface area contributed by atoms with Gasteiger partial charge in [0.25, 0.3) is 0 Å². The Morgan fingerprint density at radius 3 is 2.50 bits per heavy atom. The zero-order valence-corrected chi connectivity index (χ0v) is 16.8. The number of nitrogens with one attached hydrogen (secondary N) is 2. The number of rotatable bonds is 6. The van der Waals surface area contributed by atoms with E-state index in [2.05, 4.69) is 15.8 Å². The molecular formula is C19H16Cl3N3O3. The summed E-state index contributed by atoms with van der Waals surface area (Å²) < 4.78 is 5.79. The van der Waals surface area contributed by atoms with E-state index in [9.17, 15) is 9.59 Å². The summed E-state index contributed by atoms with van der Waals surface area (Å²) in [5.41, 5.74) is 3.34. The van der Waals surface area contributed by atoms with E-state index in [-0.39, 0.29) is 12.6 Å². The van der Waals surface area contributed by atoms with Crippen LogP contribution in [0, 0.1) is 0 Å².